The number of ether oxygens (including phenoxy) is 1. The molecule has 1 N–H and O–H groups in total. The van der Waals surface area contributed by atoms with E-state index in [1.807, 2.05) is 45.9 Å². The molecule has 0 unspecified atom stereocenters. The second-order valence-electron chi connectivity index (χ2n) is 6.58. The maximum Gasteiger partial charge on any atom is 0.196 e. The summed E-state index contributed by atoms with van der Waals surface area (Å²) in [6.07, 6.45) is 7.65. The van der Waals surface area contributed by atoms with Crippen molar-refractivity contribution in [1.29, 1.82) is 0 Å². The fourth-order valence-corrected chi connectivity index (χ4v) is 2.72. The number of rotatable bonds is 2. The number of phenolic OH excluding ortho intramolecular Hbond substituents is 1. The van der Waals surface area contributed by atoms with Crippen LogP contribution in [0.1, 0.15) is 38.8 Å². The van der Waals surface area contributed by atoms with Gasteiger partial charge >= 0.3 is 0 Å². The molecule has 4 heteroatoms. The van der Waals surface area contributed by atoms with Crippen molar-refractivity contribution in [1.82, 2.24) is 0 Å². The number of hydrogen-bond donors (Lipinski definition) is 1. The van der Waals surface area contributed by atoms with E-state index in [2.05, 4.69) is 0 Å². The minimum atomic E-state index is -0.484. The molecule has 0 aliphatic carbocycles. The van der Waals surface area contributed by atoms with Gasteiger partial charge in [0.05, 0.1) is 11.8 Å². The van der Waals surface area contributed by atoms with Gasteiger partial charge in [-0.2, -0.15) is 0 Å². The van der Waals surface area contributed by atoms with Crippen LogP contribution in [0, 0.1) is 0 Å². The molecule has 0 spiro atoms. The Hall–Kier alpha value is -2.49. The molecule has 120 valence electrons. The minimum Gasteiger partial charge on any atom is -0.506 e. The summed E-state index contributed by atoms with van der Waals surface area (Å²) >= 11 is 0. The number of benzene rings is 1. The standard InChI is InChI=1S/C19H20O4/c1-11(2)5-6-13-17-12(7-9-19(3,4)23-17)16(21)15-14(20)8-10-22-18(13)15/h5,7-10,21H,6H2,1-4H3. The molecule has 0 saturated heterocycles. The van der Waals surface area contributed by atoms with Crippen molar-refractivity contribution in [2.24, 2.45) is 0 Å². The van der Waals surface area contributed by atoms with Crippen LogP contribution in [0.15, 0.2) is 39.3 Å². The predicted molar refractivity (Wildman–Crippen MR) is 91.0 cm³/mol. The SMILES string of the molecule is CC(C)=CCc1c2c(c(O)c3c(=O)ccoc13)C=CC(C)(C)O2. The zero-order chi connectivity index (χ0) is 16.8. The van der Waals surface area contributed by atoms with Crippen molar-refractivity contribution >= 4 is 17.0 Å². The van der Waals surface area contributed by atoms with Crippen molar-refractivity contribution in [3.63, 3.8) is 0 Å². The van der Waals surface area contributed by atoms with Crippen LogP contribution in [-0.2, 0) is 6.42 Å². The summed E-state index contributed by atoms with van der Waals surface area (Å²) in [5, 5.41) is 10.7. The lowest BCUT2D eigenvalue weighted by Crippen LogP contribution is -2.28. The van der Waals surface area contributed by atoms with Gasteiger partial charge in [0.2, 0.25) is 0 Å². The average molecular weight is 312 g/mol. The lowest BCUT2D eigenvalue weighted by Gasteiger charge is -2.30. The van der Waals surface area contributed by atoms with Crippen LogP contribution in [0.4, 0.5) is 0 Å². The molecule has 2 heterocycles. The molecule has 0 atom stereocenters. The number of aromatic hydroxyl groups is 1. The molecule has 0 fully saturated rings. The Morgan fingerprint density at radius 2 is 2.09 bits per heavy atom. The molecule has 1 aromatic carbocycles. The first-order valence-electron chi connectivity index (χ1n) is 7.61. The molecule has 23 heavy (non-hydrogen) atoms. The van der Waals surface area contributed by atoms with Crippen LogP contribution < -0.4 is 10.2 Å². The highest BCUT2D eigenvalue weighted by Crippen LogP contribution is 2.44. The molecule has 0 radical (unpaired) electrons. The maximum absolute atomic E-state index is 12.2. The molecule has 0 saturated carbocycles. The molecule has 1 aliphatic heterocycles. The van der Waals surface area contributed by atoms with Gasteiger partial charge in [0.25, 0.3) is 0 Å². The van der Waals surface area contributed by atoms with Gasteiger partial charge in [-0.25, -0.2) is 0 Å². The van der Waals surface area contributed by atoms with E-state index in [0.717, 1.165) is 11.1 Å². The Balaban J connectivity index is 2.40. The van der Waals surface area contributed by atoms with Crippen molar-refractivity contribution in [3.05, 3.63) is 51.4 Å². The Kier molecular flexibility index (Phi) is 3.55. The lowest BCUT2D eigenvalue weighted by molar-refractivity contribution is 0.157. The number of phenols is 1. The van der Waals surface area contributed by atoms with Gasteiger partial charge in [-0.1, -0.05) is 11.6 Å². The van der Waals surface area contributed by atoms with E-state index in [-0.39, 0.29) is 16.6 Å². The number of allylic oxidation sites excluding steroid dienone is 2. The summed E-state index contributed by atoms with van der Waals surface area (Å²) in [6.45, 7) is 7.91. The van der Waals surface area contributed by atoms with E-state index in [1.165, 1.54) is 12.3 Å². The van der Waals surface area contributed by atoms with Gasteiger partial charge in [0.15, 0.2) is 5.43 Å². The second-order valence-corrected chi connectivity index (χ2v) is 6.58. The summed E-state index contributed by atoms with van der Waals surface area (Å²) in [5.41, 5.74) is 2.11. The van der Waals surface area contributed by atoms with E-state index < -0.39 is 5.60 Å². The van der Waals surface area contributed by atoms with Crippen LogP contribution in [0.3, 0.4) is 0 Å². The highest BCUT2D eigenvalue weighted by atomic mass is 16.5. The lowest BCUT2D eigenvalue weighted by atomic mass is 9.94. The second kappa shape index (κ2) is 5.30. The first-order chi connectivity index (χ1) is 10.8. The van der Waals surface area contributed by atoms with Crippen LogP contribution in [-0.4, -0.2) is 10.7 Å². The summed E-state index contributed by atoms with van der Waals surface area (Å²) in [4.78, 5) is 12.2. The molecule has 4 nitrogen and oxygen atoms in total. The quantitative estimate of drug-likeness (QED) is 0.845. The van der Waals surface area contributed by atoms with Gasteiger partial charge in [0.1, 0.15) is 28.1 Å². The van der Waals surface area contributed by atoms with Crippen LogP contribution in [0.25, 0.3) is 17.0 Å². The third-order valence-electron chi connectivity index (χ3n) is 3.89. The Labute approximate surface area is 134 Å². The van der Waals surface area contributed by atoms with E-state index in [4.69, 9.17) is 9.15 Å². The summed E-state index contributed by atoms with van der Waals surface area (Å²) in [5.74, 6) is 0.492. The number of hydrogen-bond acceptors (Lipinski definition) is 4. The maximum atomic E-state index is 12.2. The normalized spacial score (nSPS) is 15.1. The van der Waals surface area contributed by atoms with Crippen molar-refractivity contribution in [2.75, 3.05) is 0 Å². The predicted octanol–water partition coefficient (Wildman–Crippen LogP) is 4.19. The molecule has 0 bridgehead atoms. The van der Waals surface area contributed by atoms with Crippen molar-refractivity contribution < 1.29 is 14.3 Å². The van der Waals surface area contributed by atoms with Crippen molar-refractivity contribution in [2.45, 2.75) is 39.7 Å². The minimum absolute atomic E-state index is 0.0861. The smallest absolute Gasteiger partial charge is 0.196 e. The molecule has 3 rings (SSSR count). The average Bonchev–Trinajstić information content (AvgIpc) is 2.45. The van der Waals surface area contributed by atoms with Gasteiger partial charge < -0.3 is 14.3 Å². The van der Waals surface area contributed by atoms with Crippen LogP contribution in [0.5, 0.6) is 11.5 Å². The van der Waals surface area contributed by atoms with E-state index in [0.29, 0.717) is 23.3 Å². The van der Waals surface area contributed by atoms with E-state index in [9.17, 15) is 9.90 Å². The summed E-state index contributed by atoms with van der Waals surface area (Å²) in [6, 6.07) is 1.32. The molecule has 1 aliphatic rings. The zero-order valence-electron chi connectivity index (χ0n) is 13.8. The topological polar surface area (TPSA) is 59.7 Å². The third kappa shape index (κ3) is 2.65. The fraction of sp³-hybridized carbons (Fsp3) is 0.316. The first-order valence-corrected chi connectivity index (χ1v) is 7.61. The summed E-state index contributed by atoms with van der Waals surface area (Å²) in [7, 11) is 0. The molecule has 1 aromatic heterocycles. The Morgan fingerprint density at radius 1 is 1.35 bits per heavy atom. The van der Waals surface area contributed by atoms with Gasteiger partial charge in [-0.15, -0.1) is 0 Å². The Bertz CT molecular complexity index is 894. The van der Waals surface area contributed by atoms with Gasteiger partial charge in [-0.3, -0.25) is 4.79 Å². The molecule has 0 amide bonds. The molecular weight excluding hydrogens is 292 g/mol. The van der Waals surface area contributed by atoms with Gasteiger partial charge in [0, 0.05) is 11.6 Å². The molecule has 2 aromatic rings. The third-order valence-corrected chi connectivity index (χ3v) is 3.89. The number of fused-ring (bicyclic) bond motifs is 2. The highest BCUT2D eigenvalue weighted by Gasteiger charge is 2.29. The van der Waals surface area contributed by atoms with Crippen molar-refractivity contribution in [3.8, 4) is 11.5 Å². The van der Waals surface area contributed by atoms with Gasteiger partial charge in [-0.05, 0) is 46.3 Å². The largest absolute Gasteiger partial charge is 0.506 e. The van der Waals surface area contributed by atoms with E-state index >= 15 is 0 Å². The molecular formula is C19H20O4. The highest BCUT2D eigenvalue weighted by molar-refractivity contribution is 5.93. The van der Waals surface area contributed by atoms with E-state index in [1.54, 1.807) is 0 Å². The summed E-state index contributed by atoms with van der Waals surface area (Å²) < 4.78 is 11.7. The zero-order valence-corrected chi connectivity index (χ0v) is 13.8. The van der Waals surface area contributed by atoms with Crippen LogP contribution >= 0.6 is 0 Å². The van der Waals surface area contributed by atoms with Crippen LogP contribution in [0.2, 0.25) is 0 Å². The fourth-order valence-electron chi connectivity index (χ4n) is 2.72. The monoisotopic (exact) mass is 312 g/mol. The first kappa shape index (κ1) is 15.4. The Morgan fingerprint density at radius 3 is 2.78 bits per heavy atom.